The fraction of sp³-hybridized carbons (Fsp3) is 0.438. The van der Waals surface area contributed by atoms with E-state index in [1.165, 1.54) is 12.8 Å². The fourth-order valence-electron chi connectivity index (χ4n) is 2.81. The number of aromatic amines is 1. The second-order valence-electron chi connectivity index (χ2n) is 5.25. The van der Waals surface area contributed by atoms with Crippen LogP contribution < -0.4 is 4.74 Å². The number of carbonyl (C=O) groups excluding carboxylic acids is 1. The smallest absolute Gasteiger partial charge is 0.434 e. The Balaban J connectivity index is 1.91. The summed E-state index contributed by atoms with van der Waals surface area (Å²) in [6, 6.07) is 8.00. The van der Waals surface area contributed by atoms with Gasteiger partial charge in [0.05, 0.1) is 6.61 Å². The third-order valence-corrected chi connectivity index (χ3v) is 3.80. The van der Waals surface area contributed by atoms with E-state index in [0.717, 1.165) is 36.1 Å². The first-order valence-corrected chi connectivity index (χ1v) is 7.44. The standard InChI is InChI=1S/C16H20N2O3/c1-2-20-16(19)21-15-13(11-18-9-5-6-10-18)12-7-3-4-8-14(12)17-15/h3-4,7-8,17H,2,5-6,9-11H2,1H3. The Morgan fingerprint density at radius 1 is 1.29 bits per heavy atom. The van der Waals surface area contributed by atoms with Crippen molar-refractivity contribution in [3.63, 3.8) is 0 Å². The molecule has 0 bridgehead atoms. The molecule has 1 aliphatic heterocycles. The monoisotopic (exact) mass is 288 g/mol. The number of hydrogen-bond acceptors (Lipinski definition) is 4. The highest BCUT2D eigenvalue weighted by molar-refractivity contribution is 5.86. The van der Waals surface area contributed by atoms with Crippen LogP contribution in [0.2, 0.25) is 0 Å². The van der Waals surface area contributed by atoms with Crippen molar-refractivity contribution in [1.82, 2.24) is 9.88 Å². The van der Waals surface area contributed by atoms with Crippen molar-refractivity contribution < 1.29 is 14.3 Å². The minimum atomic E-state index is -0.660. The molecule has 112 valence electrons. The zero-order valence-corrected chi connectivity index (χ0v) is 12.2. The van der Waals surface area contributed by atoms with E-state index in [1.54, 1.807) is 6.92 Å². The molecule has 2 heterocycles. The summed E-state index contributed by atoms with van der Waals surface area (Å²) in [5.74, 6) is 0.501. The summed E-state index contributed by atoms with van der Waals surface area (Å²) in [4.78, 5) is 17.2. The molecule has 3 rings (SSSR count). The van der Waals surface area contributed by atoms with Crippen molar-refractivity contribution in [2.45, 2.75) is 26.3 Å². The van der Waals surface area contributed by atoms with E-state index in [9.17, 15) is 4.79 Å². The van der Waals surface area contributed by atoms with E-state index >= 15 is 0 Å². The summed E-state index contributed by atoms with van der Waals surface area (Å²) in [5, 5.41) is 1.10. The summed E-state index contributed by atoms with van der Waals surface area (Å²) >= 11 is 0. The molecule has 5 nitrogen and oxygen atoms in total. The van der Waals surface area contributed by atoms with E-state index in [-0.39, 0.29) is 0 Å². The number of hydrogen-bond donors (Lipinski definition) is 1. The maximum Gasteiger partial charge on any atom is 0.515 e. The van der Waals surface area contributed by atoms with Crippen LogP contribution in [0.3, 0.4) is 0 Å². The molecule has 0 spiro atoms. The van der Waals surface area contributed by atoms with Gasteiger partial charge in [0.2, 0.25) is 5.88 Å². The summed E-state index contributed by atoms with van der Waals surface area (Å²) in [6.45, 7) is 5.05. The van der Waals surface area contributed by atoms with Crippen molar-refractivity contribution in [3.8, 4) is 5.88 Å². The summed E-state index contributed by atoms with van der Waals surface area (Å²) in [5.41, 5.74) is 2.01. The molecule has 1 aliphatic rings. The summed E-state index contributed by atoms with van der Waals surface area (Å²) in [7, 11) is 0. The first kappa shape index (κ1) is 13.9. The number of nitrogens with one attached hydrogen (secondary N) is 1. The molecule has 21 heavy (non-hydrogen) atoms. The average Bonchev–Trinajstić information content (AvgIpc) is 3.09. The van der Waals surface area contributed by atoms with Gasteiger partial charge in [-0.1, -0.05) is 18.2 Å². The zero-order chi connectivity index (χ0) is 14.7. The molecular weight excluding hydrogens is 268 g/mol. The van der Waals surface area contributed by atoms with Crippen LogP contribution in [0.25, 0.3) is 10.9 Å². The van der Waals surface area contributed by atoms with Crippen molar-refractivity contribution in [1.29, 1.82) is 0 Å². The van der Waals surface area contributed by atoms with Crippen molar-refractivity contribution in [2.24, 2.45) is 0 Å². The van der Waals surface area contributed by atoms with Gasteiger partial charge in [0.1, 0.15) is 0 Å². The number of nitrogens with zero attached hydrogens (tertiary/aromatic N) is 1. The van der Waals surface area contributed by atoms with Crippen molar-refractivity contribution >= 4 is 17.1 Å². The molecule has 0 atom stereocenters. The Morgan fingerprint density at radius 3 is 2.81 bits per heavy atom. The highest BCUT2D eigenvalue weighted by atomic mass is 16.7. The van der Waals surface area contributed by atoms with Crippen LogP contribution in [0.5, 0.6) is 5.88 Å². The number of likely N-dealkylation sites (tertiary alicyclic amines) is 1. The quantitative estimate of drug-likeness (QED) is 0.877. The molecule has 1 fully saturated rings. The van der Waals surface area contributed by atoms with E-state index < -0.39 is 6.16 Å². The van der Waals surface area contributed by atoms with Crippen LogP contribution in [0.4, 0.5) is 4.79 Å². The van der Waals surface area contributed by atoms with Crippen LogP contribution >= 0.6 is 0 Å². The van der Waals surface area contributed by atoms with E-state index in [4.69, 9.17) is 9.47 Å². The molecule has 1 aromatic carbocycles. The molecule has 1 saturated heterocycles. The Kier molecular flexibility index (Phi) is 4.10. The van der Waals surface area contributed by atoms with E-state index in [1.807, 2.05) is 18.2 Å². The lowest BCUT2D eigenvalue weighted by Gasteiger charge is -2.15. The van der Waals surface area contributed by atoms with Gasteiger partial charge in [0.15, 0.2) is 0 Å². The van der Waals surface area contributed by atoms with Crippen molar-refractivity contribution in [2.75, 3.05) is 19.7 Å². The third-order valence-electron chi connectivity index (χ3n) is 3.80. The fourth-order valence-corrected chi connectivity index (χ4v) is 2.81. The molecule has 2 aromatic rings. The zero-order valence-electron chi connectivity index (χ0n) is 12.2. The maximum atomic E-state index is 11.6. The largest absolute Gasteiger partial charge is 0.515 e. The number of H-pyrrole nitrogens is 1. The van der Waals surface area contributed by atoms with Crippen LogP contribution in [0, 0.1) is 0 Å². The van der Waals surface area contributed by atoms with Gasteiger partial charge in [-0.2, -0.15) is 0 Å². The molecule has 0 radical (unpaired) electrons. The van der Waals surface area contributed by atoms with Gasteiger partial charge >= 0.3 is 6.16 Å². The van der Waals surface area contributed by atoms with Gasteiger partial charge in [0, 0.05) is 23.0 Å². The first-order chi connectivity index (χ1) is 10.3. The van der Waals surface area contributed by atoms with Crippen LogP contribution in [-0.2, 0) is 11.3 Å². The van der Waals surface area contributed by atoms with E-state index in [2.05, 4.69) is 16.0 Å². The molecule has 0 saturated carbocycles. The third kappa shape index (κ3) is 3.03. The molecule has 1 aromatic heterocycles. The molecule has 0 amide bonds. The number of carbonyl (C=O) groups is 1. The number of para-hydroxylation sites is 1. The Hall–Kier alpha value is -2.01. The Bertz CT molecular complexity index is 629. The second-order valence-corrected chi connectivity index (χ2v) is 5.25. The van der Waals surface area contributed by atoms with Gasteiger partial charge < -0.3 is 14.5 Å². The van der Waals surface area contributed by atoms with Gasteiger partial charge in [-0.05, 0) is 38.9 Å². The van der Waals surface area contributed by atoms with Crippen molar-refractivity contribution in [3.05, 3.63) is 29.8 Å². The minimum Gasteiger partial charge on any atom is -0.434 e. The highest BCUT2D eigenvalue weighted by Gasteiger charge is 2.20. The van der Waals surface area contributed by atoms with Gasteiger partial charge in [-0.3, -0.25) is 4.90 Å². The minimum absolute atomic E-state index is 0.306. The second kappa shape index (κ2) is 6.18. The molecular formula is C16H20N2O3. The lowest BCUT2D eigenvalue weighted by Crippen LogP contribution is -2.19. The Morgan fingerprint density at radius 2 is 2.05 bits per heavy atom. The SMILES string of the molecule is CCOC(=O)Oc1[nH]c2ccccc2c1CN1CCCC1. The predicted molar refractivity (Wildman–Crippen MR) is 80.5 cm³/mol. The predicted octanol–water partition coefficient (Wildman–Crippen LogP) is 3.30. The van der Waals surface area contributed by atoms with Crippen LogP contribution in [0.1, 0.15) is 25.3 Å². The lowest BCUT2D eigenvalue weighted by molar-refractivity contribution is 0.102. The summed E-state index contributed by atoms with van der Waals surface area (Å²) < 4.78 is 10.2. The number of fused-ring (bicyclic) bond motifs is 1. The number of ether oxygens (including phenoxy) is 2. The van der Waals surface area contributed by atoms with Crippen LogP contribution in [0.15, 0.2) is 24.3 Å². The van der Waals surface area contributed by atoms with Gasteiger partial charge in [-0.15, -0.1) is 0 Å². The number of aromatic nitrogens is 1. The van der Waals surface area contributed by atoms with Gasteiger partial charge in [0.25, 0.3) is 0 Å². The molecule has 5 heteroatoms. The lowest BCUT2D eigenvalue weighted by atomic mass is 10.1. The highest BCUT2D eigenvalue weighted by Crippen LogP contribution is 2.30. The van der Waals surface area contributed by atoms with E-state index in [0.29, 0.717) is 12.5 Å². The summed E-state index contributed by atoms with van der Waals surface area (Å²) in [6.07, 6.45) is 1.80. The molecule has 0 aliphatic carbocycles. The maximum absolute atomic E-state index is 11.6. The number of rotatable bonds is 4. The molecule has 1 N–H and O–H groups in total. The molecule has 0 unspecified atom stereocenters. The van der Waals surface area contributed by atoms with Crippen LogP contribution in [-0.4, -0.2) is 35.7 Å². The average molecular weight is 288 g/mol. The first-order valence-electron chi connectivity index (χ1n) is 7.44. The topological polar surface area (TPSA) is 54.6 Å². The Labute approximate surface area is 123 Å². The normalized spacial score (nSPS) is 15.5. The number of benzene rings is 1. The van der Waals surface area contributed by atoms with Gasteiger partial charge in [-0.25, -0.2) is 4.79 Å².